The molecule has 1 aromatic rings. The first kappa shape index (κ1) is 12.6. The summed E-state index contributed by atoms with van der Waals surface area (Å²) in [4.78, 5) is 0. The fraction of sp³-hybridized carbons (Fsp3) is 0.333. The third-order valence-corrected chi connectivity index (χ3v) is 2.85. The molecule has 84 valence electrons. The van der Waals surface area contributed by atoms with Crippen molar-refractivity contribution in [2.75, 3.05) is 6.26 Å². The third-order valence-electron chi connectivity index (χ3n) is 1.72. The first-order valence-corrected chi connectivity index (χ1v) is 6.74. The number of benzene rings is 1. The van der Waals surface area contributed by atoms with Gasteiger partial charge in [-0.25, -0.2) is 4.39 Å². The lowest BCUT2D eigenvalue weighted by Gasteiger charge is -2.12. The summed E-state index contributed by atoms with van der Waals surface area (Å²) in [6.45, 7) is 1.48. The Hall–Kier alpha value is -0.460. The van der Waals surface area contributed by atoms with Crippen molar-refractivity contribution in [2.24, 2.45) is 0 Å². The van der Waals surface area contributed by atoms with Crippen LogP contribution in [0.25, 0.3) is 0 Å². The molecule has 0 aliphatic rings. The highest BCUT2D eigenvalue weighted by Crippen LogP contribution is 2.24. The zero-order valence-corrected chi connectivity index (χ0v) is 10.6. The minimum Gasteiger partial charge on any atom is -0.262 e. The summed E-state index contributed by atoms with van der Waals surface area (Å²) in [5.74, 6) is -0.491. The van der Waals surface area contributed by atoms with E-state index in [0.717, 1.165) is 6.26 Å². The quantitative estimate of drug-likeness (QED) is 0.806. The standard InChI is InChI=1S/C9H10BrFO3S/c1-6(14-15(2,12)13)8-5-7(10)3-4-9(8)11/h3-6H,1-2H3. The number of rotatable bonds is 3. The van der Waals surface area contributed by atoms with Crippen molar-refractivity contribution in [3.05, 3.63) is 34.1 Å². The van der Waals surface area contributed by atoms with Gasteiger partial charge in [0.2, 0.25) is 0 Å². The van der Waals surface area contributed by atoms with E-state index in [1.54, 1.807) is 0 Å². The molecule has 15 heavy (non-hydrogen) atoms. The van der Waals surface area contributed by atoms with Gasteiger partial charge in [-0.05, 0) is 25.1 Å². The van der Waals surface area contributed by atoms with E-state index in [-0.39, 0.29) is 5.56 Å². The lowest BCUT2D eigenvalue weighted by Crippen LogP contribution is -2.08. The second-order valence-electron chi connectivity index (χ2n) is 3.11. The summed E-state index contributed by atoms with van der Waals surface area (Å²) in [5, 5.41) is 0. The third kappa shape index (κ3) is 3.89. The van der Waals surface area contributed by atoms with Gasteiger partial charge in [0.15, 0.2) is 0 Å². The van der Waals surface area contributed by atoms with Crippen molar-refractivity contribution in [2.45, 2.75) is 13.0 Å². The van der Waals surface area contributed by atoms with Crippen LogP contribution in [-0.4, -0.2) is 14.7 Å². The van der Waals surface area contributed by atoms with Crippen LogP contribution in [0.5, 0.6) is 0 Å². The van der Waals surface area contributed by atoms with Crippen LogP contribution < -0.4 is 0 Å². The smallest absolute Gasteiger partial charge is 0.262 e. The lowest BCUT2D eigenvalue weighted by molar-refractivity contribution is 0.231. The Balaban J connectivity index is 3.00. The first-order valence-electron chi connectivity index (χ1n) is 4.13. The van der Waals surface area contributed by atoms with Crippen LogP contribution in [0.2, 0.25) is 0 Å². The van der Waals surface area contributed by atoms with Gasteiger partial charge in [0.25, 0.3) is 10.1 Å². The fourth-order valence-corrected chi connectivity index (χ4v) is 2.15. The van der Waals surface area contributed by atoms with Gasteiger partial charge < -0.3 is 0 Å². The van der Waals surface area contributed by atoms with Gasteiger partial charge in [0, 0.05) is 10.0 Å². The summed E-state index contributed by atoms with van der Waals surface area (Å²) in [5.41, 5.74) is 0.204. The predicted octanol–water partition coefficient (Wildman–Crippen LogP) is 2.63. The molecule has 0 N–H and O–H groups in total. The molecule has 0 radical (unpaired) electrons. The summed E-state index contributed by atoms with van der Waals surface area (Å²) < 4.78 is 40.3. The molecule has 3 nitrogen and oxygen atoms in total. The van der Waals surface area contributed by atoms with E-state index in [4.69, 9.17) is 0 Å². The predicted molar refractivity (Wildman–Crippen MR) is 58.4 cm³/mol. The van der Waals surface area contributed by atoms with E-state index in [0.29, 0.717) is 4.47 Å². The SMILES string of the molecule is CC(OS(C)(=O)=O)c1cc(Br)ccc1F. The second kappa shape index (κ2) is 4.59. The molecule has 1 unspecified atom stereocenters. The fourth-order valence-electron chi connectivity index (χ4n) is 1.14. The van der Waals surface area contributed by atoms with Gasteiger partial charge in [-0.2, -0.15) is 8.42 Å². The average molecular weight is 297 g/mol. The molecule has 1 atom stereocenters. The van der Waals surface area contributed by atoms with Gasteiger partial charge in [0.05, 0.1) is 6.26 Å². The van der Waals surface area contributed by atoms with Gasteiger partial charge in [-0.1, -0.05) is 15.9 Å². The van der Waals surface area contributed by atoms with Crippen molar-refractivity contribution in [3.8, 4) is 0 Å². The minimum absolute atomic E-state index is 0.204. The number of halogens is 2. The van der Waals surface area contributed by atoms with Gasteiger partial charge in [-0.3, -0.25) is 4.18 Å². The van der Waals surface area contributed by atoms with Gasteiger partial charge in [0.1, 0.15) is 11.9 Å². The molecule has 0 heterocycles. The van der Waals surface area contributed by atoms with Crippen molar-refractivity contribution in [1.82, 2.24) is 0 Å². The maximum absolute atomic E-state index is 13.3. The van der Waals surface area contributed by atoms with Gasteiger partial charge in [-0.15, -0.1) is 0 Å². The molecule has 0 aromatic heterocycles. The Morgan fingerprint density at radius 2 is 2.07 bits per heavy atom. The zero-order chi connectivity index (χ0) is 11.6. The molecule has 0 saturated heterocycles. The van der Waals surface area contributed by atoms with Crippen molar-refractivity contribution < 1.29 is 17.0 Å². The Kier molecular flexibility index (Phi) is 3.86. The maximum Gasteiger partial charge on any atom is 0.264 e. The molecule has 6 heteroatoms. The van der Waals surface area contributed by atoms with Crippen LogP contribution >= 0.6 is 15.9 Å². The van der Waals surface area contributed by atoms with Crippen molar-refractivity contribution >= 4 is 26.0 Å². The van der Waals surface area contributed by atoms with Crippen LogP contribution in [0.4, 0.5) is 4.39 Å². The molecule has 0 amide bonds. The topological polar surface area (TPSA) is 43.4 Å². The molecule has 0 saturated carbocycles. The summed E-state index contributed by atoms with van der Waals surface area (Å²) in [7, 11) is -3.58. The largest absolute Gasteiger partial charge is 0.264 e. The minimum atomic E-state index is -3.58. The highest BCUT2D eigenvalue weighted by atomic mass is 79.9. The lowest BCUT2D eigenvalue weighted by atomic mass is 10.1. The van der Waals surface area contributed by atoms with E-state index >= 15 is 0 Å². The molecular weight excluding hydrogens is 287 g/mol. The molecule has 1 aromatic carbocycles. The maximum atomic E-state index is 13.3. The average Bonchev–Trinajstić information content (AvgIpc) is 2.06. The highest BCUT2D eigenvalue weighted by molar-refractivity contribution is 9.10. The molecule has 0 aliphatic carbocycles. The molecule has 0 aliphatic heterocycles. The van der Waals surface area contributed by atoms with Crippen LogP contribution in [-0.2, 0) is 14.3 Å². The normalized spacial score (nSPS) is 13.9. The second-order valence-corrected chi connectivity index (χ2v) is 5.62. The Labute approximate surface area is 96.5 Å². The summed E-state index contributed by atoms with van der Waals surface area (Å²) >= 11 is 3.17. The molecule has 0 spiro atoms. The van der Waals surface area contributed by atoms with Gasteiger partial charge >= 0.3 is 0 Å². The Bertz CT molecular complexity index is 458. The monoisotopic (exact) mass is 296 g/mol. The van der Waals surface area contributed by atoms with E-state index in [1.807, 2.05) is 0 Å². The first-order chi connectivity index (χ1) is 6.79. The van der Waals surface area contributed by atoms with Crippen LogP contribution in [0.1, 0.15) is 18.6 Å². The highest BCUT2D eigenvalue weighted by Gasteiger charge is 2.16. The summed E-state index contributed by atoms with van der Waals surface area (Å²) in [6, 6.07) is 4.28. The van der Waals surface area contributed by atoms with E-state index in [1.165, 1.54) is 25.1 Å². The van der Waals surface area contributed by atoms with Crippen molar-refractivity contribution in [1.29, 1.82) is 0 Å². The Morgan fingerprint density at radius 1 is 1.47 bits per heavy atom. The number of hydrogen-bond donors (Lipinski definition) is 0. The van der Waals surface area contributed by atoms with Crippen LogP contribution in [0.15, 0.2) is 22.7 Å². The van der Waals surface area contributed by atoms with E-state index in [9.17, 15) is 12.8 Å². The van der Waals surface area contributed by atoms with E-state index < -0.39 is 22.0 Å². The van der Waals surface area contributed by atoms with Crippen LogP contribution in [0, 0.1) is 5.82 Å². The number of hydrogen-bond acceptors (Lipinski definition) is 3. The Morgan fingerprint density at radius 3 is 2.60 bits per heavy atom. The zero-order valence-electron chi connectivity index (χ0n) is 8.20. The molecular formula is C9H10BrFO3S. The van der Waals surface area contributed by atoms with Crippen molar-refractivity contribution in [3.63, 3.8) is 0 Å². The van der Waals surface area contributed by atoms with E-state index in [2.05, 4.69) is 20.1 Å². The summed E-state index contributed by atoms with van der Waals surface area (Å²) in [6.07, 6.45) is 0.0943. The van der Waals surface area contributed by atoms with Crippen LogP contribution in [0.3, 0.4) is 0 Å². The molecule has 1 rings (SSSR count). The molecule has 0 bridgehead atoms. The molecule has 0 fully saturated rings.